The van der Waals surface area contributed by atoms with Gasteiger partial charge in [0.25, 0.3) is 0 Å². The average molecular weight is 380 g/mol. The van der Waals surface area contributed by atoms with Crippen LogP contribution in [0.1, 0.15) is 62.0 Å². The molecule has 2 fully saturated rings. The molecule has 1 aromatic carbocycles. The number of nitrogens with zero attached hydrogens (tertiary/aromatic N) is 1. The number of piperidine rings is 1. The fourth-order valence-electron chi connectivity index (χ4n) is 4.26. The van der Waals surface area contributed by atoms with Crippen molar-refractivity contribution in [3.63, 3.8) is 0 Å². The number of carboxylic acids is 1. The van der Waals surface area contributed by atoms with E-state index in [1.54, 1.807) is 0 Å². The second kappa shape index (κ2) is 6.94. The number of carboxylic acid groups (broad SMARTS) is 1. The minimum atomic E-state index is -0.675. The minimum Gasteiger partial charge on any atom is -0.481 e. The molecule has 1 aliphatic heterocycles. The predicted octanol–water partition coefficient (Wildman–Crippen LogP) is 4.54. The number of carbonyl (C=O) groups is 1. The van der Waals surface area contributed by atoms with Crippen molar-refractivity contribution in [2.75, 3.05) is 20.1 Å². The van der Waals surface area contributed by atoms with Crippen LogP contribution >= 0.6 is 15.9 Å². The lowest BCUT2D eigenvalue weighted by atomic mass is 9.69. The molecule has 1 aromatic rings. The maximum Gasteiger partial charge on any atom is 0.314 e. The van der Waals surface area contributed by atoms with Gasteiger partial charge in [0.2, 0.25) is 0 Å². The van der Waals surface area contributed by atoms with Gasteiger partial charge in [0.05, 0.1) is 5.41 Å². The zero-order chi connectivity index (χ0) is 16.4. The molecule has 1 aliphatic carbocycles. The summed E-state index contributed by atoms with van der Waals surface area (Å²) in [6.07, 6.45) is 7.08. The lowest BCUT2D eigenvalue weighted by Crippen LogP contribution is -2.37. The van der Waals surface area contributed by atoms with Crippen molar-refractivity contribution < 1.29 is 9.90 Å². The van der Waals surface area contributed by atoms with E-state index in [1.165, 1.54) is 18.4 Å². The molecule has 1 saturated heterocycles. The third kappa shape index (κ3) is 3.34. The zero-order valence-electron chi connectivity index (χ0n) is 13.9. The smallest absolute Gasteiger partial charge is 0.314 e. The van der Waals surface area contributed by atoms with E-state index in [9.17, 15) is 9.90 Å². The molecule has 0 unspecified atom stereocenters. The zero-order valence-corrected chi connectivity index (χ0v) is 15.4. The first kappa shape index (κ1) is 17.0. The minimum absolute atomic E-state index is 0.585. The van der Waals surface area contributed by atoms with Crippen molar-refractivity contribution in [3.05, 3.63) is 33.8 Å². The van der Waals surface area contributed by atoms with Gasteiger partial charge < -0.3 is 10.0 Å². The molecule has 3 rings (SSSR count). The topological polar surface area (TPSA) is 40.5 Å². The van der Waals surface area contributed by atoms with E-state index in [-0.39, 0.29) is 0 Å². The van der Waals surface area contributed by atoms with Gasteiger partial charge in [-0.3, -0.25) is 4.79 Å². The standard InChI is InChI=1S/C19H26BrNO2/c1-21-11-7-14(8-12-21)16-6-5-15(13-17(16)20)19(18(22)23)9-3-2-4-10-19/h5-6,13-14H,2-4,7-12H2,1H3,(H,22,23). The highest BCUT2D eigenvalue weighted by Gasteiger charge is 2.41. The molecule has 23 heavy (non-hydrogen) atoms. The molecule has 0 radical (unpaired) electrons. The molecular weight excluding hydrogens is 354 g/mol. The monoisotopic (exact) mass is 379 g/mol. The van der Waals surface area contributed by atoms with Crippen molar-refractivity contribution in [3.8, 4) is 0 Å². The Hall–Kier alpha value is -0.870. The summed E-state index contributed by atoms with van der Waals surface area (Å²) >= 11 is 3.73. The molecule has 0 spiro atoms. The maximum absolute atomic E-state index is 12.0. The molecule has 0 bridgehead atoms. The van der Waals surface area contributed by atoms with E-state index < -0.39 is 11.4 Å². The van der Waals surface area contributed by atoms with E-state index in [4.69, 9.17) is 0 Å². The predicted molar refractivity (Wildman–Crippen MR) is 96.0 cm³/mol. The Morgan fingerprint density at radius 3 is 2.43 bits per heavy atom. The van der Waals surface area contributed by atoms with Crippen molar-refractivity contribution in [2.24, 2.45) is 0 Å². The summed E-state index contributed by atoms with van der Waals surface area (Å²) in [7, 11) is 2.17. The van der Waals surface area contributed by atoms with Gasteiger partial charge in [0.15, 0.2) is 0 Å². The van der Waals surface area contributed by atoms with E-state index >= 15 is 0 Å². The SMILES string of the molecule is CN1CCC(c2ccc(C3(C(=O)O)CCCCC3)cc2Br)CC1. The summed E-state index contributed by atoms with van der Waals surface area (Å²) in [5.74, 6) is -0.0714. The highest BCUT2D eigenvalue weighted by molar-refractivity contribution is 9.10. The maximum atomic E-state index is 12.0. The number of aliphatic carboxylic acids is 1. The Labute approximate surface area is 147 Å². The van der Waals surface area contributed by atoms with Crippen LogP contribution in [0, 0.1) is 0 Å². The van der Waals surface area contributed by atoms with Gasteiger partial charge in [0.1, 0.15) is 0 Å². The fraction of sp³-hybridized carbons (Fsp3) is 0.632. The molecule has 0 aromatic heterocycles. The molecule has 1 N–H and O–H groups in total. The number of likely N-dealkylation sites (tertiary alicyclic amines) is 1. The quantitative estimate of drug-likeness (QED) is 0.837. The van der Waals surface area contributed by atoms with E-state index in [2.05, 4.69) is 46.1 Å². The van der Waals surface area contributed by atoms with Gasteiger partial charge in [-0.15, -0.1) is 0 Å². The van der Waals surface area contributed by atoms with E-state index in [1.807, 2.05) is 0 Å². The summed E-state index contributed by atoms with van der Waals surface area (Å²) < 4.78 is 1.09. The molecule has 1 heterocycles. The lowest BCUT2D eigenvalue weighted by molar-refractivity contribution is -0.145. The molecule has 0 amide bonds. The molecule has 4 heteroatoms. The van der Waals surface area contributed by atoms with Gasteiger partial charge in [-0.05, 0) is 68.9 Å². The van der Waals surface area contributed by atoms with Crippen LogP contribution in [-0.4, -0.2) is 36.1 Å². The summed E-state index contributed by atoms with van der Waals surface area (Å²) in [6.45, 7) is 2.27. The fourth-order valence-corrected chi connectivity index (χ4v) is 4.96. The summed E-state index contributed by atoms with van der Waals surface area (Å²) in [5, 5.41) is 9.86. The van der Waals surface area contributed by atoms with Crippen molar-refractivity contribution in [1.29, 1.82) is 0 Å². The molecule has 126 valence electrons. The Morgan fingerprint density at radius 1 is 1.22 bits per heavy atom. The van der Waals surface area contributed by atoms with Gasteiger partial charge >= 0.3 is 5.97 Å². The van der Waals surface area contributed by atoms with Crippen LogP contribution in [0.4, 0.5) is 0 Å². The van der Waals surface area contributed by atoms with Crippen LogP contribution in [0.25, 0.3) is 0 Å². The molecule has 2 aliphatic rings. The first-order valence-corrected chi connectivity index (χ1v) is 9.54. The molecule has 1 saturated carbocycles. The van der Waals surface area contributed by atoms with Gasteiger partial charge in [-0.2, -0.15) is 0 Å². The highest BCUT2D eigenvalue weighted by Crippen LogP contribution is 2.42. The van der Waals surface area contributed by atoms with Crippen LogP contribution in [0.3, 0.4) is 0 Å². The largest absolute Gasteiger partial charge is 0.481 e. The van der Waals surface area contributed by atoms with Crippen LogP contribution in [0.15, 0.2) is 22.7 Å². The van der Waals surface area contributed by atoms with Crippen molar-refractivity contribution in [2.45, 2.75) is 56.3 Å². The van der Waals surface area contributed by atoms with Crippen LogP contribution < -0.4 is 0 Å². The lowest BCUT2D eigenvalue weighted by Gasteiger charge is -2.35. The Kier molecular flexibility index (Phi) is 5.12. The Bertz CT molecular complexity index is 573. The van der Waals surface area contributed by atoms with Gasteiger partial charge in [-0.1, -0.05) is 47.3 Å². The molecular formula is C19H26BrNO2. The molecule has 0 atom stereocenters. The summed E-state index contributed by atoms with van der Waals surface area (Å²) in [4.78, 5) is 14.4. The van der Waals surface area contributed by atoms with Crippen LogP contribution in [-0.2, 0) is 10.2 Å². The number of rotatable bonds is 3. The molecule has 3 nitrogen and oxygen atoms in total. The first-order valence-electron chi connectivity index (χ1n) is 8.75. The Balaban J connectivity index is 1.87. The second-order valence-corrected chi connectivity index (χ2v) is 8.12. The van der Waals surface area contributed by atoms with Gasteiger partial charge in [-0.25, -0.2) is 0 Å². The van der Waals surface area contributed by atoms with Crippen LogP contribution in [0.5, 0.6) is 0 Å². The number of hydrogen-bond donors (Lipinski definition) is 1. The highest BCUT2D eigenvalue weighted by atomic mass is 79.9. The number of halogens is 1. The third-order valence-corrected chi connectivity index (χ3v) is 6.51. The van der Waals surface area contributed by atoms with Crippen molar-refractivity contribution >= 4 is 21.9 Å². The number of benzene rings is 1. The Morgan fingerprint density at radius 2 is 1.87 bits per heavy atom. The van der Waals surface area contributed by atoms with Crippen LogP contribution in [0.2, 0.25) is 0 Å². The first-order chi connectivity index (χ1) is 11.0. The number of hydrogen-bond acceptors (Lipinski definition) is 2. The van der Waals surface area contributed by atoms with E-state index in [0.29, 0.717) is 5.92 Å². The summed E-state index contributed by atoms with van der Waals surface area (Å²) in [6, 6.07) is 6.35. The van der Waals surface area contributed by atoms with E-state index in [0.717, 1.165) is 55.2 Å². The van der Waals surface area contributed by atoms with Gasteiger partial charge in [0, 0.05) is 4.47 Å². The third-order valence-electron chi connectivity index (χ3n) is 5.83. The summed E-state index contributed by atoms with van der Waals surface area (Å²) in [5.41, 5.74) is 1.65. The second-order valence-electron chi connectivity index (χ2n) is 7.26. The average Bonchev–Trinajstić information content (AvgIpc) is 2.56. The normalized spacial score (nSPS) is 22.9. The van der Waals surface area contributed by atoms with Crippen molar-refractivity contribution in [1.82, 2.24) is 4.90 Å².